The van der Waals surface area contributed by atoms with E-state index in [4.69, 9.17) is 16.3 Å². The van der Waals surface area contributed by atoms with Crippen molar-refractivity contribution in [3.63, 3.8) is 0 Å². The highest BCUT2D eigenvalue weighted by Crippen LogP contribution is 2.32. The minimum absolute atomic E-state index is 0.250. The third-order valence-corrected chi connectivity index (χ3v) is 4.02. The summed E-state index contributed by atoms with van der Waals surface area (Å²) >= 11 is 5.93. The summed E-state index contributed by atoms with van der Waals surface area (Å²) in [6.07, 6.45) is 5.08. The second-order valence-corrected chi connectivity index (χ2v) is 5.94. The summed E-state index contributed by atoms with van der Waals surface area (Å²) in [7, 11) is 0. The van der Waals surface area contributed by atoms with Crippen molar-refractivity contribution in [2.75, 3.05) is 13.1 Å². The van der Waals surface area contributed by atoms with E-state index in [1.807, 2.05) is 6.92 Å². The lowest BCUT2D eigenvalue weighted by atomic mass is 9.96. The van der Waals surface area contributed by atoms with Crippen LogP contribution in [0.25, 0.3) is 0 Å². The van der Waals surface area contributed by atoms with Gasteiger partial charge in [0.2, 0.25) is 5.88 Å². The van der Waals surface area contributed by atoms with Gasteiger partial charge in [0.25, 0.3) is 0 Å². The van der Waals surface area contributed by atoms with Gasteiger partial charge in [-0.3, -0.25) is 4.98 Å². The van der Waals surface area contributed by atoms with Gasteiger partial charge in [-0.1, -0.05) is 11.6 Å². The lowest BCUT2D eigenvalue weighted by Crippen LogP contribution is -2.22. The van der Waals surface area contributed by atoms with E-state index in [2.05, 4.69) is 15.3 Å². The summed E-state index contributed by atoms with van der Waals surface area (Å²) in [4.78, 5) is 8.19. The molecule has 6 heteroatoms. The van der Waals surface area contributed by atoms with Crippen LogP contribution in [-0.2, 0) is 0 Å². The molecule has 1 unspecified atom stereocenters. The molecule has 0 amide bonds. The highest BCUT2D eigenvalue weighted by molar-refractivity contribution is 6.30. The molecule has 0 spiro atoms. The van der Waals surface area contributed by atoms with Gasteiger partial charge in [0.15, 0.2) is 0 Å². The summed E-state index contributed by atoms with van der Waals surface area (Å²) in [6.45, 7) is 3.65. The molecule has 2 aromatic rings. The molecule has 0 bridgehead atoms. The van der Waals surface area contributed by atoms with E-state index in [0.717, 1.165) is 30.6 Å². The summed E-state index contributed by atoms with van der Waals surface area (Å²) in [5.41, 5.74) is 1.58. The normalized spacial score (nSPS) is 19.1. The van der Waals surface area contributed by atoms with Gasteiger partial charge >= 0.3 is 0 Å². The third kappa shape index (κ3) is 3.36. The number of aromatic nitrogens is 2. The molecule has 0 aromatic carbocycles. The van der Waals surface area contributed by atoms with Gasteiger partial charge in [-0.05, 0) is 32.0 Å². The molecule has 0 aliphatic carbocycles. The first kappa shape index (κ1) is 15.2. The van der Waals surface area contributed by atoms with Crippen LogP contribution in [0.3, 0.4) is 0 Å². The molecule has 1 aliphatic heterocycles. The fourth-order valence-electron chi connectivity index (χ4n) is 2.73. The quantitative estimate of drug-likeness (QED) is 0.938. The van der Waals surface area contributed by atoms with Crippen molar-refractivity contribution in [3.05, 3.63) is 52.7 Å². The zero-order chi connectivity index (χ0) is 15.5. The molecule has 3 heterocycles. The summed E-state index contributed by atoms with van der Waals surface area (Å²) in [6, 6.07) is 3.28. The Morgan fingerprint density at radius 1 is 1.36 bits per heavy atom. The van der Waals surface area contributed by atoms with E-state index in [-0.39, 0.29) is 17.8 Å². The van der Waals surface area contributed by atoms with E-state index in [1.165, 1.54) is 12.3 Å². The Morgan fingerprint density at radius 2 is 2.23 bits per heavy atom. The Labute approximate surface area is 133 Å². The largest absolute Gasteiger partial charge is 0.469 e. The second kappa shape index (κ2) is 6.58. The molecule has 0 saturated carbocycles. The summed E-state index contributed by atoms with van der Waals surface area (Å²) in [5, 5.41) is 3.88. The number of hydrogen-bond acceptors (Lipinski definition) is 4. The van der Waals surface area contributed by atoms with Gasteiger partial charge in [-0.25, -0.2) is 9.37 Å². The predicted molar refractivity (Wildman–Crippen MR) is 82.5 cm³/mol. The van der Waals surface area contributed by atoms with Gasteiger partial charge < -0.3 is 10.1 Å². The highest BCUT2D eigenvalue weighted by Gasteiger charge is 2.29. The van der Waals surface area contributed by atoms with Crippen LogP contribution in [0, 0.1) is 18.7 Å². The first-order valence-corrected chi connectivity index (χ1v) is 7.61. The van der Waals surface area contributed by atoms with Gasteiger partial charge in [0.05, 0.1) is 11.2 Å². The zero-order valence-electron chi connectivity index (χ0n) is 12.2. The average Bonchev–Trinajstić information content (AvgIpc) is 3.00. The summed E-state index contributed by atoms with van der Waals surface area (Å²) < 4.78 is 19.6. The van der Waals surface area contributed by atoms with E-state index >= 15 is 0 Å². The van der Waals surface area contributed by atoms with E-state index in [9.17, 15) is 4.39 Å². The molecule has 22 heavy (non-hydrogen) atoms. The number of hydrogen-bond donors (Lipinski definition) is 1. The standard InChI is InChI=1S/C16H17ClFN3O/c1-10-4-13(17)8-21-16(10)22-15(11-2-3-19-6-11)12-5-14(18)9-20-7-12/h4-5,7-9,11,15,19H,2-3,6H2,1H3/t11?,15-/m0/s1. The SMILES string of the molecule is Cc1cc(Cl)cnc1O[C@H](c1cncc(F)c1)C1CCNC1. The number of nitrogens with zero attached hydrogens (tertiary/aromatic N) is 2. The Morgan fingerprint density at radius 3 is 2.91 bits per heavy atom. The smallest absolute Gasteiger partial charge is 0.216 e. The van der Waals surface area contributed by atoms with Crippen molar-refractivity contribution in [1.82, 2.24) is 15.3 Å². The number of halogens is 2. The Bertz CT molecular complexity index is 662. The Balaban J connectivity index is 1.91. The lowest BCUT2D eigenvalue weighted by molar-refractivity contribution is 0.136. The van der Waals surface area contributed by atoms with Gasteiger partial charge in [-0.2, -0.15) is 0 Å². The highest BCUT2D eigenvalue weighted by atomic mass is 35.5. The number of aryl methyl sites for hydroxylation is 1. The molecule has 4 nitrogen and oxygen atoms in total. The molecule has 3 rings (SSSR count). The number of rotatable bonds is 4. The first-order chi connectivity index (χ1) is 10.6. The summed E-state index contributed by atoms with van der Waals surface area (Å²) in [5.74, 6) is 0.406. The fourth-order valence-corrected chi connectivity index (χ4v) is 2.94. The molecule has 1 aliphatic rings. The molecule has 1 N–H and O–H groups in total. The predicted octanol–water partition coefficient (Wildman–Crippen LogP) is 3.31. The lowest BCUT2D eigenvalue weighted by Gasteiger charge is -2.24. The van der Waals surface area contributed by atoms with Crippen LogP contribution in [0.4, 0.5) is 4.39 Å². The first-order valence-electron chi connectivity index (χ1n) is 7.23. The molecular weight excluding hydrogens is 305 g/mol. The number of ether oxygens (including phenoxy) is 1. The van der Waals surface area contributed by atoms with Gasteiger partial charge in [0.1, 0.15) is 11.9 Å². The Hall–Kier alpha value is -1.72. The molecule has 1 fully saturated rings. The van der Waals surface area contributed by atoms with Crippen molar-refractivity contribution in [1.29, 1.82) is 0 Å². The van der Waals surface area contributed by atoms with Crippen LogP contribution >= 0.6 is 11.6 Å². The van der Waals surface area contributed by atoms with Crippen LogP contribution < -0.4 is 10.1 Å². The van der Waals surface area contributed by atoms with Crippen molar-refractivity contribution >= 4 is 11.6 Å². The molecular formula is C16H17ClFN3O. The minimum atomic E-state index is -0.363. The van der Waals surface area contributed by atoms with Crippen molar-refractivity contribution in [2.24, 2.45) is 5.92 Å². The zero-order valence-corrected chi connectivity index (χ0v) is 13.0. The van der Waals surface area contributed by atoms with E-state index < -0.39 is 0 Å². The fraction of sp³-hybridized carbons (Fsp3) is 0.375. The molecule has 0 radical (unpaired) electrons. The third-order valence-electron chi connectivity index (χ3n) is 3.82. The molecule has 1 saturated heterocycles. The van der Waals surface area contributed by atoms with E-state index in [1.54, 1.807) is 18.5 Å². The number of pyridine rings is 2. The minimum Gasteiger partial charge on any atom is -0.469 e. The van der Waals surface area contributed by atoms with Crippen LogP contribution in [0.1, 0.15) is 23.7 Å². The van der Waals surface area contributed by atoms with Gasteiger partial charge in [-0.15, -0.1) is 0 Å². The second-order valence-electron chi connectivity index (χ2n) is 5.50. The maximum absolute atomic E-state index is 13.5. The molecule has 2 aromatic heterocycles. The maximum Gasteiger partial charge on any atom is 0.216 e. The van der Waals surface area contributed by atoms with Gasteiger partial charge in [0, 0.05) is 36.0 Å². The Kier molecular flexibility index (Phi) is 4.55. The molecule has 2 atom stereocenters. The monoisotopic (exact) mass is 321 g/mol. The van der Waals surface area contributed by atoms with Crippen LogP contribution in [-0.4, -0.2) is 23.1 Å². The topological polar surface area (TPSA) is 47.0 Å². The van der Waals surface area contributed by atoms with E-state index in [0.29, 0.717) is 10.9 Å². The van der Waals surface area contributed by atoms with Crippen molar-refractivity contribution in [3.8, 4) is 5.88 Å². The van der Waals surface area contributed by atoms with Crippen LogP contribution in [0.2, 0.25) is 5.02 Å². The average molecular weight is 322 g/mol. The van der Waals surface area contributed by atoms with Crippen molar-refractivity contribution < 1.29 is 9.13 Å². The van der Waals surface area contributed by atoms with Crippen LogP contribution in [0.15, 0.2) is 30.7 Å². The maximum atomic E-state index is 13.5. The number of nitrogens with one attached hydrogen (secondary N) is 1. The van der Waals surface area contributed by atoms with Crippen molar-refractivity contribution in [2.45, 2.75) is 19.4 Å². The molecule has 116 valence electrons. The van der Waals surface area contributed by atoms with Crippen LogP contribution in [0.5, 0.6) is 5.88 Å².